The van der Waals surface area contributed by atoms with Gasteiger partial charge in [-0.05, 0) is 25.3 Å². The summed E-state index contributed by atoms with van der Waals surface area (Å²) in [6.07, 6.45) is 0. The Balaban J connectivity index is 3.35. The van der Waals surface area contributed by atoms with Crippen molar-refractivity contribution in [2.75, 3.05) is 12.8 Å². The highest BCUT2D eigenvalue weighted by Gasteiger charge is 2.28. The number of nitrogens with one attached hydrogen (secondary N) is 1. The molecule has 0 unspecified atom stereocenters. The molecule has 0 spiro atoms. The van der Waals surface area contributed by atoms with E-state index in [1.165, 1.54) is 7.11 Å². The van der Waals surface area contributed by atoms with Crippen molar-refractivity contribution in [2.24, 2.45) is 0 Å². The Kier molecular flexibility index (Phi) is 4.94. The van der Waals surface area contributed by atoms with Gasteiger partial charge < -0.3 is 15.8 Å². The Morgan fingerprint density at radius 1 is 1.26 bits per heavy atom. The Morgan fingerprint density at radius 3 is 2.26 bits per heavy atom. The molecular formula is C13H20N2O3S. The standard InChI is InChI=1S/C13H20N2O3S/c1-6(2)8-9(12(16)15-7(3)4)11(14)19-10(8)13(17)18-5/h6-7H,14H2,1-5H3,(H,15,16). The summed E-state index contributed by atoms with van der Waals surface area (Å²) < 4.78 is 4.74. The second kappa shape index (κ2) is 6.06. The van der Waals surface area contributed by atoms with Gasteiger partial charge in [0.2, 0.25) is 0 Å². The van der Waals surface area contributed by atoms with Crippen LogP contribution in [0.25, 0.3) is 0 Å². The lowest BCUT2D eigenvalue weighted by Gasteiger charge is -2.12. The number of hydrogen-bond donors (Lipinski definition) is 2. The summed E-state index contributed by atoms with van der Waals surface area (Å²) in [6.45, 7) is 7.58. The fraction of sp³-hybridized carbons (Fsp3) is 0.538. The molecule has 0 fully saturated rings. The predicted molar refractivity (Wildman–Crippen MR) is 76.8 cm³/mol. The number of rotatable bonds is 4. The van der Waals surface area contributed by atoms with E-state index in [1.807, 2.05) is 27.7 Å². The minimum Gasteiger partial charge on any atom is -0.465 e. The van der Waals surface area contributed by atoms with Crippen LogP contribution in [0.3, 0.4) is 0 Å². The van der Waals surface area contributed by atoms with Gasteiger partial charge in [0.1, 0.15) is 4.88 Å². The van der Waals surface area contributed by atoms with Crippen molar-refractivity contribution < 1.29 is 14.3 Å². The summed E-state index contributed by atoms with van der Waals surface area (Å²) in [5.41, 5.74) is 6.96. The predicted octanol–water partition coefficient (Wildman–Crippen LogP) is 2.38. The highest BCUT2D eigenvalue weighted by atomic mass is 32.1. The lowest BCUT2D eigenvalue weighted by molar-refractivity contribution is 0.0605. The molecule has 1 rings (SSSR count). The number of nitrogens with two attached hydrogens (primary N) is 1. The molecule has 5 nitrogen and oxygen atoms in total. The molecule has 0 aromatic carbocycles. The summed E-state index contributed by atoms with van der Waals surface area (Å²) in [4.78, 5) is 24.3. The Hall–Kier alpha value is -1.56. The minimum absolute atomic E-state index is 0.00777. The first-order valence-electron chi connectivity index (χ1n) is 6.10. The Morgan fingerprint density at radius 2 is 1.84 bits per heavy atom. The van der Waals surface area contributed by atoms with Crippen LogP contribution in [0.1, 0.15) is 59.2 Å². The highest BCUT2D eigenvalue weighted by Crippen LogP contribution is 2.36. The van der Waals surface area contributed by atoms with Crippen LogP contribution in [0.4, 0.5) is 5.00 Å². The summed E-state index contributed by atoms with van der Waals surface area (Å²) in [6, 6.07) is 0.00777. The van der Waals surface area contributed by atoms with E-state index < -0.39 is 5.97 Å². The molecule has 0 atom stereocenters. The molecule has 0 bridgehead atoms. The monoisotopic (exact) mass is 284 g/mol. The molecule has 0 aliphatic carbocycles. The van der Waals surface area contributed by atoms with Crippen LogP contribution in [-0.4, -0.2) is 25.0 Å². The maximum atomic E-state index is 12.2. The number of methoxy groups -OCH3 is 1. The maximum absolute atomic E-state index is 12.2. The molecule has 1 aromatic heterocycles. The summed E-state index contributed by atoms with van der Waals surface area (Å²) >= 11 is 1.10. The fourth-order valence-corrected chi connectivity index (χ4v) is 2.96. The third-order valence-corrected chi connectivity index (χ3v) is 3.58. The quantitative estimate of drug-likeness (QED) is 0.832. The number of hydrogen-bond acceptors (Lipinski definition) is 5. The molecule has 6 heteroatoms. The largest absolute Gasteiger partial charge is 0.465 e. The van der Waals surface area contributed by atoms with Gasteiger partial charge in [0.25, 0.3) is 5.91 Å². The van der Waals surface area contributed by atoms with Gasteiger partial charge in [0, 0.05) is 6.04 Å². The lowest BCUT2D eigenvalue weighted by atomic mass is 9.98. The molecule has 0 saturated heterocycles. The fourth-order valence-electron chi connectivity index (χ4n) is 1.83. The van der Waals surface area contributed by atoms with Crippen LogP contribution < -0.4 is 11.1 Å². The number of carbonyl (C=O) groups is 2. The molecule has 1 heterocycles. The second-order valence-electron chi connectivity index (χ2n) is 4.86. The smallest absolute Gasteiger partial charge is 0.348 e. The van der Waals surface area contributed by atoms with Gasteiger partial charge in [-0.2, -0.15) is 0 Å². The number of ether oxygens (including phenoxy) is 1. The molecule has 19 heavy (non-hydrogen) atoms. The topological polar surface area (TPSA) is 81.4 Å². The van der Waals surface area contributed by atoms with E-state index in [0.717, 1.165) is 11.3 Å². The first kappa shape index (κ1) is 15.5. The van der Waals surface area contributed by atoms with Gasteiger partial charge >= 0.3 is 5.97 Å². The van der Waals surface area contributed by atoms with Crippen LogP contribution >= 0.6 is 11.3 Å². The lowest BCUT2D eigenvalue weighted by Crippen LogP contribution is -2.31. The molecule has 0 aliphatic heterocycles. The van der Waals surface area contributed by atoms with Crippen molar-refractivity contribution in [3.8, 4) is 0 Å². The first-order chi connectivity index (χ1) is 8.79. The van der Waals surface area contributed by atoms with Crippen molar-refractivity contribution in [3.05, 3.63) is 16.0 Å². The van der Waals surface area contributed by atoms with E-state index >= 15 is 0 Å². The molecule has 0 radical (unpaired) electrons. The molecule has 0 saturated carbocycles. The average molecular weight is 284 g/mol. The van der Waals surface area contributed by atoms with Crippen molar-refractivity contribution in [3.63, 3.8) is 0 Å². The van der Waals surface area contributed by atoms with Crippen molar-refractivity contribution >= 4 is 28.2 Å². The molecular weight excluding hydrogens is 264 g/mol. The third-order valence-electron chi connectivity index (χ3n) is 2.57. The summed E-state index contributed by atoms with van der Waals surface area (Å²) in [7, 11) is 1.32. The van der Waals surface area contributed by atoms with Gasteiger partial charge in [0.05, 0.1) is 17.7 Å². The summed E-state index contributed by atoms with van der Waals surface area (Å²) in [5.74, 6) is -0.692. The van der Waals surface area contributed by atoms with Gasteiger partial charge in [-0.15, -0.1) is 11.3 Å². The minimum atomic E-state index is -0.455. The molecule has 106 valence electrons. The zero-order valence-electron chi connectivity index (χ0n) is 11.9. The Bertz CT molecular complexity index is 492. The number of nitrogen functional groups attached to an aromatic ring is 1. The van der Waals surface area contributed by atoms with Gasteiger partial charge in [-0.1, -0.05) is 13.8 Å². The first-order valence-corrected chi connectivity index (χ1v) is 6.92. The third kappa shape index (κ3) is 3.26. The van der Waals surface area contributed by atoms with Crippen LogP contribution in [0.15, 0.2) is 0 Å². The van der Waals surface area contributed by atoms with Crippen LogP contribution in [-0.2, 0) is 4.74 Å². The van der Waals surface area contributed by atoms with Crippen molar-refractivity contribution in [1.82, 2.24) is 5.32 Å². The van der Waals surface area contributed by atoms with Crippen LogP contribution in [0, 0.1) is 0 Å². The maximum Gasteiger partial charge on any atom is 0.348 e. The van der Waals surface area contributed by atoms with E-state index in [-0.39, 0.29) is 17.9 Å². The van der Waals surface area contributed by atoms with Gasteiger partial charge in [-0.25, -0.2) is 4.79 Å². The van der Waals surface area contributed by atoms with Crippen LogP contribution in [0.2, 0.25) is 0 Å². The van der Waals surface area contributed by atoms with Gasteiger partial charge in [0.15, 0.2) is 0 Å². The zero-order chi connectivity index (χ0) is 14.7. The van der Waals surface area contributed by atoms with Crippen LogP contribution in [0.5, 0.6) is 0 Å². The molecule has 0 aliphatic rings. The van der Waals surface area contributed by atoms with Crippen molar-refractivity contribution in [2.45, 2.75) is 39.7 Å². The van der Waals surface area contributed by atoms with E-state index in [9.17, 15) is 9.59 Å². The number of amides is 1. The molecule has 1 amide bonds. The normalized spacial score (nSPS) is 10.9. The van der Waals surface area contributed by atoms with Crippen molar-refractivity contribution in [1.29, 1.82) is 0 Å². The van der Waals surface area contributed by atoms with E-state index in [4.69, 9.17) is 10.5 Å². The van der Waals surface area contributed by atoms with Gasteiger partial charge in [-0.3, -0.25) is 4.79 Å². The zero-order valence-corrected chi connectivity index (χ0v) is 12.7. The molecule has 3 N–H and O–H groups in total. The van der Waals surface area contributed by atoms with E-state index in [2.05, 4.69) is 5.32 Å². The number of carbonyl (C=O) groups excluding carboxylic acids is 2. The second-order valence-corrected chi connectivity index (χ2v) is 5.91. The average Bonchev–Trinajstić information content (AvgIpc) is 2.65. The van der Waals surface area contributed by atoms with E-state index in [1.54, 1.807) is 0 Å². The summed E-state index contributed by atoms with van der Waals surface area (Å²) in [5, 5.41) is 3.15. The number of anilines is 1. The SMILES string of the molecule is COC(=O)c1sc(N)c(C(=O)NC(C)C)c1C(C)C. The van der Waals surface area contributed by atoms with E-state index in [0.29, 0.717) is 21.0 Å². The number of thiophene rings is 1. The number of esters is 1. The Labute approximate surface area is 117 Å². The highest BCUT2D eigenvalue weighted by molar-refractivity contribution is 7.18. The molecule has 1 aromatic rings.